The van der Waals surface area contributed by atoms with Gasteiger partial charge < -0.3 is 10.6 Å². The second kappa shape index (κ2) is 5.41. The Morgan fingerprint density at radius 1 is 1.42 bits per heavy atom. The lowest BCUT2D eigenvalue weighted by Crippen LogP contribution is -2.07. The topological polar surface area (TPSA) is 98.2 Å². The van der Waals surface area contributed by atoms with E-state index < -0.39 is 4.92 Å². The van der Waals surface area contributed by atoms with Gasteiger partial charge >= 0.3 is 5.69 Å². The van der Waals surface area contributed by atoms with E-state index >= 15 is 0 Å². The van der Waals surface area contributed by atoms with Gasteiger partial charge in [0.25, 0.3) is 0 Å². The minimum Gasteiger partial charge on any atom is -0.393 e. The number of nitrogens with two attached hydrogens (primary N) is 1. The van der Waals surface area contributed by atoms with Crippen molar-refractivity contribution >= 4 is 39.6 Å². The Kier molecular flexibility index (Phi) is 3.86. The van der Waals surface area contributed by atoms with Crippen LogP contribution in [0.1, 0.15) is 0 Å². The molecule has 9 heteroatoms. The highest BCUT2D eigenvalue weighted by atomic mass is 32.2. The van der Waals surface area contributed by atoms with Gasteiger partial charge in [-0.1, -0.05) is 17.4 Å². The number of rotatable bonds is 4. The molecule has 0 spiro atoms. The Morgan fingerprint density at radius 3 is 2.74 bits per heavy atom. The zero-order chi connectivity index (χ0) is 14.0. The minimum absolute atomic E-state index is 0.0888. The quantitative estimate of drug-likeness (QED) is 0.525. The van der Waals surface area contributed by atoms with E-state index in [0.717, 1.165) is 5.13 Å². The maximum atomic E-state index is 11.0. The summed E-state index contributed by atoms with van der Waals surface area (Å²) in [5, 5.41) is 19.7. The Balaban J connectivity index is 2.32. The smallest absolute Gasteiger partial charge is 0.305 e. The highest BCUT2D eigenvalue weighted by molar-refractivity contribution is 8.01. The molecule has 0 atom stereocenters. The molecule has 1 heterocycles. The number of nitrogen functional groups attached to an aromatic ring is 1. The molecule has 0 amide bonds. The molecule has 0 radical (unpaired) electrons. The van der Waals surface area contributed by atoms with Crippen molar-refractivity contribution in [3.63, 3.8) is 0 Å². The summed E-state index contributed by atoms with van der Waals surface area (Å²) in [6.45, 7) is 0. The number of nitrogens with zero attached hydrogens (tertiary/aromatic N) is 4. The molecule has 0 saturated carbocycles. The summed E-state index contributed by atoms with van der Waals surface area (Å²) in [5.74, 6) is 0. The molecule has 7 nitrogen and oxygen atoms in total. The maximum Gasteiger partial charge on any atom is 0.305 e. The van der Waals surface area contributed by atoms with E-state index in [-0.39, 0.29) is 11.4 Å². The zero-order valence-corrected chi connectivity index (χ0v) is 11.9. The number of para-hydroxylation sites is 1. The molecule has 19 heavy (non-hydrogen) atoms. The first-order valence-corrected chi connectivity index (χ1v) is 6.84. The number of aromatic nitrogens is 2. The highest BCUT2D eigenvalue weighted by Gasteiger charge is 2.20. The molecule has 2 N–H and O–H groups in total. The van der Waals surface area contributed by atoms with Gasteiger partial charge in [-0.25, -0.2) is 0 Å². The van der Waals surface area contributed by atoms with Gasteiger partial charge in [-0.3, -0.25) is 10.1 Å². The maximum absolute atomic E-state index is 11.0. The second-order valence-corrected chi connectivity index (χ2v) is 6.04. The lowest BCUT2D eigenvalue weighted by atomic mass is 10.3. The van der Waals surface area contributed by atoms with Gasteiger partial charge in [0.2, 0.25) is 5.13 Å². The monoisotopic (exact) mass is 297 g/mol. The summed E-state index contributed by atoms with van der Waals surface area (Å²) in [7, 11) is 3.72. The molecule has 0 aliphatic carbocycles. The van der Waals surface area contributed by atoms with Crippen LogP contribution in [0.4, 0.5) is 16.5 Å². The van der Waals surface area contributed by atoms with Gasteiger partial charge in [0.05, 0.1) is 9.82 Å². The minimum atomic E-state index is -0.481. The normalized spacial score (nSPS) is 10.4. The van der Waals surface area contributed by atoms with Gasteiger partial charge in [-0.05, 0) is 23.9 Å². The number of nitro groups is 1. The third-order valence-corrected chi connectivity index (χ3v) is 4.38. The van der Waals surface area contributed by atoms with Crippen LogP contribution in [0.2, 0.25) is 0 Å². The van der Waals surface area contributed by atoms with Crippen LogP contribution in [-0.2, 0) is 0 Å². The van der Waals surface area contributed by atoms with Crippen LogP contribution in [0.15, 0.2) is 27.4 Å². The van der Waals surface area contributed by atoms with Crippen molar-refractivity contribution in [2.75, 3.05) is 24.7 Å². The van der Waals surface area contributed by atoms with Gasteiger partial charge in [-0.15, -0.1) is 10.2 Å². The fraction of sp³-hybridized carbons (Fsp3) is 0.200. The van der Waals surface area contributed by atoms with Crippen molar-refractivity contribution < 1.29 is 4.92 Å². The Labute approximate surface area is 117 Å². The Hall–Kier alpha value is -1.87. The fourth-order valence-corrected chi connectivity index (χ4v) is 3.20. The predicted octanol–water partition coefficient (Wildman–Crippen LogP) is 2.25. The molecule has 2 rings (SSSR count). The molecule has 0 unspecified atom stereocenters. The molecule has 0 aliphatic rings. The van der Waals surface area contributed by atoms with E-state index in [0.29, 0.717) is 9.24 Å². The third kappa shape index (κ3) is 2.93. The van der Waals surface area contributed by atoms with Crippen LogP contribution in [0.3, 0.4) is 0 Å². The van der Waals surface area contributed by atoms with Crippen molar-refractivity contribution in [1.29, 1.82) is 0 Å². The largest absolute Gasteiger partial charge is 0.393 e. The van der Waals surface area contributed by atoms with Crippen LogP contribution in [-0.4, -0.2) is 29.2 Å². The standard InChI is InChI=1S/C10H11N5O2S2/c1-14(2)9-12-13-10(19-9)18-7-5-3-4-6(11)8(7)15(16)17/h3-5H,11H2,1-2H3. The first kappa shape index (κ1) is 13.6. The number of hydrogen-bond donors (Lipinski definition) is 1. The van der Waals surface area contributed by atoms with Crippen LogP contribution >= 0.6 is 23.1 Å². The second-order valence-electron chi connectivity index (χ2n) is 3.80. The lowest BCUT2D eigenvalue weighted by Gasteiger charge is -2.04. The van der Waals surface area contributed by atoms with E-state index in [4.69, 9.17) is 5.73 Å². The SMILES string of the molecule is CN(C)c1nnc(Sc2cccc(N)c2[N+](=O)[O-])s1. The summed E-state index contributed by atoms with van der Waals surface area (Å²) in [5.41, 5.74) is 5.69. The van der Waals surface area contributed by atoms with Crippen LogP contribution < -0.4 is 10.6 Å². The van der Waals surface area contributed by atoms with Crippen molar-refractivity contribution in [2.24, 2.45) is 0 Å². The van der Waals surface area contributed by atoms with Gasteiger partial charge in [0, 0.05) is 14.1 Å². The average molecular weight is 297 g/mol. The average Bonchev–Trinajstić information content (AvgIpc) is 2.77. The lowest BCUT2D eigenvalue weighted by molar-refractivity contribution is -0.386. The van der Waals surface area contributed by atoms with Crippen LogP contribution in [0.25, 0.3) is 0 Å². The molecular formula is C10H11N5O2S2. The molecule has 1 aromatic carbocycles. The molecule has 100 valence electrons. The first-order valence-electron chi connectivity index (χ1n) is 5.20. The van der Waals surface area contributed by atoms with E-state index in [1.807, 2.05) is 19.0 Å². The summed E-state index contributed by atoms with van der Waals surface area (Å²) in [6, 6.07) is 4.84. The van der Waals surface area contributed by atoms with Gasteiger partial charge in [0.15, 0.2) is 4.34 Å². The van der Waals surface area contributed by atoms with E-state index in [1.54, 1.807) is 12.1 Å². The van der Waals surface area contributed by atoms with Crippen molar-refractivity contribution in [3.05, 3.63) is 28.3 Å². The molecule has 1 aromatic heterocycles. The third-order valence-electron chi connectivity index (χ3n) is 2.19. The van der Waals surface area contributed by atoms with Crippen molar-refractivity contribution in [2.45, 2.75) is 9.24 Å². The fourth-order valence-electron chi connectivity index (χ4n) is 1.34. The van der Waals surface area contributed by atoms with E-state index in [2.05, 4.69) is 10.2 Å². The highest BCUT2D eigenvalue weighted by Crippen LogP contribution is 2.39. The number of benzene rings is 1. The van der Waals surface area contributed by atoms with E-state index in [1.165, 1.54) is 29.2 Å². The number of nitro benzene ring substituents is 1. The molecule has 2 aromatic rings. The summed E-state index contributed by atoms with van der Waals surface area (Å²) < 4.78 is 0.636. The Morgan fingerprint density at radius 2 is 2.16 bits per heavy atom. The molecule has 0 saturated heterocycles. The van der Waals surface area contributed by atoms with Crippen LogP contribution in [0, 0.1) is 10.1 Å². The Bertz CT molecular complexity index is 614. The predicted molar refractivity (Wildman–Crippen MR) is 75.9 cm³/mol. The molecule has 0 bridgehead atoms. The molecular weight excluding hydrogens is 286 g/mol. The van der Waals surface area contributed by atoms with Crippen molar-refractivity contribution in [1.82, 2.24) is 10.2 Å². The van der Waals surface area contributed by atoms with Crippen molar-refractivity contribution in [3.8, 4) is 0 Å². The zero-order valence-electron chi connectivity index (χ0n) is 10.2. The van der Waals surface area contributed by atoms with Gasteiger partial charge in [0.1, 0.15) is 5.69 Å². The molecule has 0 fully saturated rings. The van der Waals surface area contributed by atoms with Gasteiger partial charge in [-0.2, -0.15) is 0 Å². The first-order chi connectivity index (χ1) is 8.99. The van der Waals surface area contributed by atoms with Crippen LogP contribution in [0.5, 0.6) is 0 Å². The summed E-state index contributed by atoms with van der Waals surface area (Å²) >= 11 is 2.56. The summed E-state index contributed by atoms with van der Waals surface area (Å²) in [6.07, 6.45) is 0. The van der Waals surface area contributed by atoms with E-state index in [9.17, 15) is 10.1 Å². The summed E-state index contributed by atoms with van der Waals surface area (Å²) in [4.78, 5) is 12.8. The molecule has 0 aliphatic heterocycles. The number of anilines is 2. The number of hydrogen-bond acceptors (Lipinski definition) is 8.